The van der Waals surface area contributed by atoms with E-state index in [-0.39, 0.29) is 38.6 Å². The fourth-order valence-corrected chi connectivity index (χ4v) is 5.28. The second-order valence-electron chi connectivity index (χ2n) is 15.3. The SMILES string of the molecule is CC/C=C\C/C=C\C/C=C\C/C=C\C/C=C\C/C=C\C/C=C\CCCCCC(=O)OC(COC(=O)CCCCCCCCC)COC(OCC[N+](C)(C)C)C(=O)O. The predicted octanol–water partition coefficient (Wildman–Crippen LogP) is 11.3. The van der Waals surface area contributed by atoms with Crippen molar-refractivity contribution in [3.8, 4) is 0 Å². The monoisotopic (exact) mass is 799 g/mol. The van der Waals surface area contributed by atoms with Crippen molar-refractivity contribution < 1.29 is 42.9 Å². The van der Waals surface area contributed by atoms with Crippen LogP contribution in [0.1, 0.15) is 142 Å². The number of unbranched alkanes of at least 4 members (excludes halogenated alkanes) is 9. The van der Waals surface area contributed by atoms with Gasteiger partial charge in [-0.25, -0.2) is 4.79 Å². The maximum atomic E-state index is 12.7. The van der Waals surface area contributed by atoms with Gasteiger partial charge in [-0.2, -0.15) is 0 Å². The van der Waals surface area contributed by atoms with Crippen molar-refractivity contribution in [3.63, 3.8) is 0 Å². The lowest BCUT2D eigenvalue weighted by Gasteiger charge is -2.25. The first-order chi connectivity index (χ1) is 27.6. The highest BCUT2D eigenvalue weighted by molar-refractivity contribution is 5.71. The van der Waals surface area contributed by atoms with Crippen molar-refractivity contribution >= 4 is 17.9 Å². The van der Waals surface area contributed by atoms with Crippen LogP contribution in [0.25, 0.3) is 0 Å². The summed E-state index contributed by atoms with van der Waals surface area (Å²) in [5.74, 6) is -2.07. The molecule has 1 N–H and O–H groups in total. The number of carbonyl (C=O) groups is 3. The average molecular weight is 799 g/mol. The van der Waals surface area contributed by atoms with Crippen molar-refractivity contribution in [1.29, 1.82) is 0 Å². The molecule has 57 heavy (non-hydrogen) atoms. The van der Waals surface area contributed by atoms with Crippen LogP contribution in [0.5, 0.6) is 0 Å². The molecule has 0 aliphatic heterocycles. The van der Waals surface area contributed by atoms with Gasteiger partial charge < -0.3 is 28.5 Å². The van der Waals surface area contributed by atoms with Gasteiger partial charge in [-0.15, -0.1) is 0 Å². The molecule has 0 aromatic carbocycles. The zero-order valence-corrected chi connectivity index (χ0v) is 36.5. The molecule has 0 aliphatic carbocycles. The molecule has 0 aromatic heterocycles. The summed E-state index contributed by atoms with van der Waals surface area (Å²) in [4.78, 5) is 36.9. The fraction of sp³-hybridized carbons (Fsp3) is 0.646. The van der Waals surface area contributed by atoms with Gasteiger partial charge in [0.1, 0.15) is 13.2 Å². The van der Waals surface area contributed by atoms with Crippen LogP contribution in [0.2, 0.25) is 0 Å². The minimum absolute atomic E-state index is 0.177. The van der Waals surface area contributed by atoms with Crippen LogP contribution in [0, 0.1) is 0 Å². The summed E-state index contributed by atoms with van der Waals surface area (Å²) >= 11 is 0. The highest BCUT2D eigenvalue weighted by atomic mass is 16.7. The average Bonchev–Trinajstić information content (AvgIpc) is 3.17. The second kappa shape index (κ2) is 39.3. The molecule has 0 bridgehead atoms. The number of nitrogens with zero attached hydrogens (tertiary/aromatic N) is 1. The molecule has 0 rings (SSSR count). The molecule has 2 unspecified atom stereocenters. The molecule has 9 nitrogen and oxygen atoms in total. The number of carboxylic acid groups (broad SMARTS) is 1. The number of aliphatic carboxylic acids is 1. The number of rotatable bonds is 38. The molecule has 0 spiro atoms. The molecule has 324 valence electrons. The van der Waals surface area contributed by atoms with E-state index < -0.39 is 24.3 Å². The Labute approximate surface area is 347 Å². The van der Waals surface area contributed by atoms with Crippen molar-refractivity contribution in [2.45, 2.75) is 155 Å². The number of quaternary nitrogens is 1. The molecule has 0 fully saturated rings. The Balaban J connectivity index is 4.41. The first-order valence-corrected chi connectivity index (χ1v) is 21.8. The van der Waals surface area contributed by atoms with E-state index in [2.05, 4.69) is 98.9 Å². The molecule has 0 aliphatic rings. The topological polar surface area (TPSA) is 108 Å². The summed E-state index contributed by atoms with van der Waals surface area (Å²) in [7, 11) is 5.92. The maximum absolute atomic E-state index is 12.7. The van der Waals surface area contributed by atoms with Gasteiger partial charge in [-0.3, -0.25) is 9.59 Å². The minimum Gasteiger partial charge on any atom is -0.477 e. The van der Waals surface area contributed by atoms with Crippen LogP contribution in [-0.2, 0) is 33.3 Å². The van der Waals surface area contributed by atoms with E-state index in [0.29, 0.717) is 17.4 Å². The van der Waals surface area contributed by atoms with Crippen LogP contribution >= 0.6 is 0 Å². The number of allylic oxidation sites excluding steroid dienone is 14. The van der Waals surface area contributed by atoms with Crippen LogP contribution in [0.15, 0.2) is 85.1 Å². The van der Waals surface area contributed by atoms with Crippen molar-refractivity contribution in [2.24, 2.45) is 0 Å². The van der Waals surface area contributed by atoms with Gasteiger partial charge in [-0.1, -0.05) is 144 Å². The Bertz CT molecular complexity index is 1210. The number of hydrogen-bond acceptors (Lipinski definition) is 7. The van der Waals surface area contributed by atoms with E-state index in [0.717, 1.165) is 83.5 Å². The van der Waals surface area contributed by atoms with Crippen LogP contribution in [0.4, 0.5) is 0 Å². The van der Waals surface area contributed by atoms with Crippen molar-refractivity contribution in [2.75, 3.05) is 47.5 Å². The Kier molecular flexibility index (Phi) is 36.9. The highest BCUT2D eigenvalue weighted by Crippen LogP contribution is 2.11. The summed E-state index contributed by atoms with van der Waals surface area (Å²) in [6.45, 7) is 4.63. The number of likely N-dealkylation sites (N-methyl/N-ethyl adjacent to an activating group) is 1. The van der Waals surface area contributed by atoms with E-state index in [9.17, 15) is 19.5 Å². The lowest BCUT2D eigenvalue weighted by atomic mass is 10.1. The van der Waals surface area contributed by atoms with Crippen LogP contribution in [0.3, 0.4) is 0 Å². The standard InChI is InChI=1S/C48H79NO8/c1-6-8-10-12-14-15-16-17-18-19-20-21-22-23-24-25-26-27-28-29-30-31-33-35-37-39-46(51)57-44(42-55-45(50)38-36-34-32-13-11-9-7-2)43-56-48(47(52)53)54-41-40-49(3,4)5/h8,10,14-15,17-18,20-21,23-24,26-27,29-30,44,48H,6-7,9,11-13,16,19,22,25,28,31-43H2,1-5H3/p+1/b10-8-,15-14-,18-17-,21-20-,24-23-,27-26-,30-29-. The third kappa shape index (κ3) is 40.5. The number of carbonyl (C=O) groups excluding carboxylic acids is 2. The largest absolute Gasteiger partial charge is 0.477 e. The normalized spacial score (nSPS) is 13.8. The van der Waals surface area contributed by atoms with Gasteiger partial charge in [0.25, 0.3) is 6.29 Å². The highest BCUT2D eigenvalue weighted by Gasteiger charge is 2.25. The Hall–Kier alpha value is -3.53. The van der Waals surface area contributed by atoms with E-state index in [4.69, 9.17) is 18.9 Å². The molecule has 0 saturated carbocycles. The summed E-state index contributed by atoms with van der Waals surface area (Å²) in [6.07, 6.45) is 46.7. The molecular formula is C48H80NO8+. The third-order valence-electron chi connectivity index (χ3n) is 8.67. The lowest BCUT2D eigenvalue weighted by molar-refractivity contribution is -0.870. The number of esters is 2. The molecular weight excluding hydrogens is 719 g/mol. The predicted molar refractivity (Wildman–Crippen MR) is 235 cm³/mol. The van der Waals surface area contributed by atoms with Crippen LogP contribution in [-0.4, -0.2) is 87.4 Å². The quantitative estimate of drug-likeness (QED) is 0.0216. The molecule has 9 heteroatoms. The molecule has 0 heterocycles. The molecule has 0 aromatic rings. The molecule has 0 amide bonds. The molecule has 0 saturated heterocycles. The van der Waals surface area contributed by atoms with E-state index >= 15 is 0 Å². The van der Waals surface area contributed by atoms with E-state index in [1.54, 1.807) is 0 Å². The lowest BCUT2D eigenvalue weighted by Crippen LogP contribution is -2.40. The van der Waals surface area contributed by atoms with E-state index in [1.165, 1.54) is 25.7 Å². The number of carboxylic acids is 1. The van der Waals surface area contributed by atoms with Gasteiger partial charge in [-0.05, 0) is 70.6 Å². The van der Waals surface area contributed by atoms with Gasteiger partial charge in [0, 0.05) is 12.8 Å². The van der Waals surface area contributed by atoms with Gasteiger partial charge in [0.15, 0.2) is 6.10 Å². The smallest absolute Gasteiger partial charge is 0.361 e. The minimum atomic E-state index is -1.52. The van der Waals surface area contributed by atoms with E-state index in [1.807, 2.05) is 21.1 Å². The van der Waals surface area contributed by atoms with Gasteiger partial charge in [0.05, 0.1) is 34.4 Å². The Morgan fingerprint density at radius 3 is 1.49 bits per heavy atom. The molecule has 2 atom stereocenters. The summed E-state index contributed by atoms with van der Waals surface area (Å²) < 4.78 is 22.6. The first kappa shape index (κ1) is 53.5. The number of hydrogen-bond donors (Lipinski definition) is 1. The van der Waals surface area contributed by atoms with Gasteiger partial charge >= 0.3 is 17.9 Å². The summed E-state index contributed by atoms with van der Waals surface area (Å²) in [5, 5.41) is 9.59. The zero-order valence-electron chi connectivity index (χ0n) is 36.5. The Morgan fingerprint density at radius 2 is 1.00 bits per heavy atom. The number of ether oxygens (including phenoxy) is 4. The fourth-order valence-electron chi connectivity index (χ4n) is 5.28. The second-order valence-corrected chi connectivity index (χ2v) is 15.3. The maximum Gasteiger partial charge on any atom is 0.361 e. The zero-order chi connectivity index (χ0) is 42.1. The Morgan fingerprint density at radius 1 is 0.544 bits per heavy atom. The van der Waals surface area contributed by atoms with Crippen molar-refractivity contribution in [3.05, 3.63) is 85.1 Å². The third-order valence-corrected chi connectivity index (χ3v) is 8.67. The summed E-state index contributed by atoms with van der Waals surface area (Å²) in [6, 6.07) is 0. The van der Waals surface area contributed by atoms with Crippen LogP contribution < -0.4 is 0 Å². The first-order valence-electron chi connectivity index (χ1n) is 21.8. The van der Waals surface area contributed by atoms with Gasteiger partial charge in [0.2, 0.25) is 0 Å². The summed E-state index contributed by atoms with van der Waals surface area (Å²) in [5.41, 5.74) is 0. The van der Waals surface area contributed by atoms with Crippen molar-refractivity contribution in [1.82, 2.24) is 0 Å². The molecule has 0 radical (unpaired) electrons.